The van der Waals surface area contributed by atoms with Gasteiger partial charge in [-0.25, -0.2) is 4.98 Å². The van der Waals surface area contributed by atoms with Crippen molar-refractivity contribution >= 4 is 15.9 Å². The molecule has 3 aromatic heterocycles. The van der Waals surface area contributed by atoms with Crippen LogP contribution in [0.5, 0.6) is 11.6 Å². The van der Waals surface area contributed by atoms with Gasteiger partial charge in [0.2, 0.25) is 11.7 Å². The molecule has 5 aromatic rings. The largest absolute Gasteiger partial charge is 0.472 e. The van der Waals surface area contributed by atoms with Gasteiger partial charge >= 0.3 is 0 Å². The fourth-order valence-corrected chi connectivity index (χ4v) is 3.72. The van der Waals surface area contributed by atoms with Crippen LogP contribution in [0, 0.1) is 6.92 Å². The predicted molar refractivity (Wildman–Crippen MR) is 120 cm³/mol. The van der Waals surface area contributed by atoms with E-state index in [2.05, 4.69) is 31.1 Å². The van der Waals surface area contributed by atoms with E-state index < -0.39 is 0 Å². The lowest BCUT2D eigenvalue weighted by Gasteiger charge is -2.09. The Balaban J connectivity index is 1.48. The number of pyridine rings is 1. The Morgan fingerprint density at radius 2 is 1.84 bits per heavy atom. The Labute approximate surface area is 186 Å². The fourth-order valence-electron chi connectivity index (χ4n) is 3.15. The van der Waals surface area contributed by atoms with Crippen LogP contribution in [0.4, 0.5) is 0 Å². The summed E-state index contributed by atoms with van der Waals surface area (Å²) in [5.74, 6) is 1.86. The topological polar surface area (TPSA) is 74.2 Å². The second-order valence-electron chi connectivity index (χ2n) is 6.91. The zero-order chi connectivity index (χ0) is 21.2. The van der Waals surface area contributed by atoms with Gasteiger partial charge in [0.1, 0.15) is 5.75 Å². The zero-order valence-electron chi connectivity index (χ0n) is 16.4. The highest BCUT2D eigenvalue weighted by molar-refractivity contribution is 9.10. The molecule has 0 aliphatic rings. The minimum Gasteiger partial charge on any atom is -0.472 e. The smallest absolute Gasteiger partial charge is 0.258 e. The molecule has 5 rings (SSSR count). The molecule has 0 radical (unpaired) electrons. The van der Waals surface area contributed by atoms with Crippen LogP contribution in [-0.4, -0.2) is 15.1 Å². The van der Waals surface area contributed by atoms with Crippen molar-refractivity contribution in [1.82, 2.24) is 15.1 Å². The zero-order valence-corrected chi connectivity index (χ0v) is 18.0. The van der Waals surface area contributed by atoms with Crippen LogP contribution in [0.15, 0.2) is 92.8 Å². The third-order valence-electron chi connectivity index (χ3n) is 4.70. The van der Waals surface area contributed by atoms with E-state index in [1.165, 1.54) is 0 Å². The van der Waals surface area contributed by atoms with E-state index in [0.29, 0.717) is 28.9 Å². The van der Waals surface area contributed by atoms with Crippen LogP contribution in [-0.2, 0) is 0 Å². The number of halogens is 1. The molecule has 3 heterocycles. The SMILES string of the molecule is Cc1ccc(Oc2ncccc2-c2noc(-c3cccc(-c4ccoc4)c3)n2)c(Br)c1. The van der Waals surface area contributed by atoms with Crippen molar-refractivity contribution in [3.05, 3.63) is 89.4 Å². The number of ether oxygens (including phenoxy) is 1. The molecule has 0 atom stereocenters. The molecule has 152 valence electrons. The highest BCUT2D eigenvalue weighted by Crippen LogP contribution is 2.35. The van der Waals surface area contributed by atoms with E-state index >= 15 is 0 Å². The predicted octanol–water partition coefficient (Wildman–Crippen LogP) is 6.92. The lowest BCUT2D eigenvalue weighted by molar-refractivity contribution is 0.430. The third kappa shape index (κ3) is 4.00. The summed E-state index contributed by atoms with van der Waals surface area (Å²) >= 11 is 3.53. The van der Waals surface area contributed by atoms with Gasteiger partial charge in [0.25, 0.3) is 5.89 Å². The summed E-state index contributed by atoms with van der Waals surface area (Å²) in [6.45, 7) is 2.02. The van der Waals surface area contributed by atoms with E-state index in [-0.39, 0.29) is 0 Å². The number of aryl methyl sites for hydroxylation is 1. The van der Waals surface area contributed by atoms with Gasteiger partial charge in [0, 0.05) is 17.3 Å². The van der Waals surface area contributed by atoms with Gasteiger partial charge in [-0.05, 0) is 76.4 Å². The van der Waals surface area contributed by atoms with Crippen LogP contribution in [0.2, 0.25) is 0 Å². The summed E-state index contributed by atoms with van der Waals surface area (Å²) in [4.78, 5) is 8.95. The van der Waals surface area contributed by atoms with Crippen molar-refractivity contribution in [2.24, 2.45) is 0 Å². The third-order valence-corrected chi connectivity index (χ3v) is 5.32. The molecule has 0 amide bonds. The van der Waals surface area contributed by atoms with Crippen molar-refractivity contribution in [2.45, 2.75) is 6.92 Å². The van der Waals surface area contributed by atoms with Crippen molar-refractivity contribution in [3.63, 3.8) is 0 Å². The number of aromatic nitrogens is 3. The number of nitrogens with zero attached hydrogens (tertiary/aromatic N) is 3. The Morgan fingerprint density at radius 1 is 0.935 bits per heavy atom. The summed E-state index contributed by atoms with van der Waals surface area (Å²) in [5, 5.41) is 4.16. The first-order chi connectivity index (χ1) is 15.2. The highest BCUT2D eigenvalue weighted by atomic mass is 79.9. The molecule has 7 heteroatoms. The van der Waals surface area contributed by atoms with Crippen molar-refractivity contribution in [3.8, 4) is 45.6 Å². The lowest BCUT2D eigenvalue weighted by atomic mass is 10.1. The molecular weight excluding hydrogens is 458 g/mol. The van der Waals surface area contributed by atoms with Gasteiger partial charge in [-0.3, -0.25) is 0 Å². The Bertz CT molecular complexity index is 1350. The van der Waals surface area contributed by atoms with Gasteiger partial charge in [-0.2, -0.15) is 4.98 Å². The van der Waals surface area contributed by atoms with Gasteiger partial charge in [-0.15, -0.1) is 0 Å². The van der Waals surface area contributed by atoms with E-state index in [9.17, 15) is 0 Å². The van der Waals surface area contributed by atoms with Crippen LogP contribution >= 0.6 is 15.9 Å². The highest BCUT2D eigenvalue weighted by Gasteiger charge is 2.17. The minimum absolute atomic E-state index is 0.395. The summed E-state index contributed by atoms with van der Waals surface area (Å²) in [5.41, 5.74) is 4.55. The lowest BCUT2D eigenvalue weighted by Crippen LogP contribution is -1.93. The molecule has 0 spiro atoms. The molecule has 0 aliphatic heterocycles. The average molecular weight is 474 g/mol. The number of hydrogen-bond donors (Lipinski definition) is 0. The molecular formula is C24H16BrN3O3. The first-order valence-corrected chi connectivity index (χ1v) is 10.3. The fraction of sp³-hybridized carbons (Fsp3) is 0.0417. The first-order valence-electron chi connectivity index (χ1n) is 9.53. The molecule has 0 bridgehead atoms. The van der Waals surface area contributed by atoms with E-state index in [0.717, 1.165) is 26.7 Å². The molecule has 0 saturated carbocycles. The van der Waals surface area contributed by atoms with Crippen molar-refractivity contribution in [2.75, 3.05) is 0 Å². The number of hydrogen-bond acceptors (Lipinski definition) is 6. The van der Waals surface area contributed by atoms with Crippen LogP contribution in [0.3, 0.4) is 0 Å². The number of benzene rings is 2. The molecule has 31 heavy (non-hydrogen) atoms. The Kier molecular flexibility index (Phi) is 5.09. The molecule has 0 N–H and O–H groups in total. The summed E-state index contributed by atoms with van der Waals surface area (Å²) < 4.78 is 17.6. The van der Waals surface area contributed by atoms with Gasteiger partial charge < -0.3 is 13.7 Å². The average Bonchev–Trinajstić information content (AvgIpc) is 3.49. The van der Waals surface area contributed by atoms with Gasteiger partial charge in [0.15, 0.2) is 0 Å². The monoisotopic (exact) mass is 473 g/mol. The Hall–Kier alpha value is -3.71. The summed E-state index contributed by atoms with van der Waals surface area (Å²) in [6.07, 6.45) is 5.00. The maximum atomic E-state index is 6.04. The summed E-state index contributed by atoms with van der Waals surface area (Å²) in [7, 11) is 0. The van der Waals surface area contributed by atoms with Crippen molar-refractivity contribution in [1.29, 1.82) is 0 Å². The van der Waals surface area contributed by atoms with Gasteiger partial charge in [0.05, 0.1) is 22.6 Å². The van der Waals surface area contributed by atoms with E-state index in [4.69, 9.17) is 13.7 Å². The maximum Gasteiger partial charge on any atom is 0.258 e. The normalized spacial score (nSPS) is 10.9. The second-order valence-corrected chi connectivity index (χ2v) is 7.76. The van der Waals surface area contributed by atoms with Crippen molar-refractivity contribution < 1.29 is 13.7 Å². The molecule has 2 aromatic carbocycles. The molecule has 0 aliphatic carbocycles. The molecule has 0 saturated heterocycles. The molecule has 6 nitrogen and oxygen atoms in total. The van der Waals surface area contributed by atoms with Gasteiger partial charge in [-0.1, -0.05) is 23.4 Å². The molecule has 0 unspecified atom stereocenters. The molecule has 0 fully saturated rings. The second kappa shape index (κ2) is 8.20. The van der Waals surface area contributed by atoms with E-state index in [1.54, 1.807) is 18.7 Å². The van der Waals surface area contributed by atoms with Crippen LogP contribution in [0.1, 0.15) is 5.56 Å². The summed E-state index contributed by atoms with van der Waals surface area (Å²) in [6, 6.07) is 19.2. The van der Waals surface area contributed by atoms with Crippen LogP contribution in [0.25, 0.3) is 34.0 Å². The standard InChI is InChI=1S/C24H16BrN3O3/c1-15-7-8-21(20(25)12-15)30-24-19(6-3-10-26-24)22-27-23(31-28-22)17-5-2-4-16(13-17)18-9-11-29-14-18/h2-14H,1H3. The van der Waals surface area contributed by atoms with E-state index in [1.807, 2.05) is 67.6 Å². The number of rotatable bonds is 5. The quantitative estimate of drug-likeness (QED) is 0.275. The maximum absolute atomic E-state index is 6.04. The number of furan rings is 1. The first kappa shape index (κ1) is 19.3. The minimum atomic E-state index is 0.395. The van der Waals surface area contributed by atoms with Crippen LogP contribution < -0.4 is 4.74 Å². The Morgan fingerprint density at radius 3 is 2.68 bits per heavy atom.